The molecule has 0 saturated heterocycles. The van der Waals surface area contributed by atoms with Gasteiger partial charge in [-0.15, -0.1) is 11.6 Å². The van der Waals surface area contributed by atoms with Gasteiger partial charge in [0.2, 0.25) is 0 Å². The number of nitrogens with one attached hydrogen (secondary N) is 1. The molecule has 90 valence electrons. The van der Waals surface area contributed by atoms with Crippen LogP contribution in [0.4, 0.5) is 0 Å². The highest BCUT2D eigenvalue weighted by Crippen LogP contribution is 2.19. The number of carbonyl (C=O) groups excluding carboxylic acids is 1. The van der Waals surface area contributed by atoms with Crippen molar-refractivity contribution in [3.63, 3.8) is 0 Å². The molecule has 1 aromatic carbocycles. The summed E-state index contributed by atoms with van der Waals surface area (Å²) >= 11 is 5.76. The predicted octanol–water partition coefficient (Wildman–Crippen LogP) is 3.18. The van der Waals surface area contributed by atoms with Gasteiger partial charge in [-0.2, -0.15) is 0 Å². The molecule has 1 N–H and O–H groups in total. The van der Waals surface area contributed by atoms with Crippen LogP contribution in [0, 0.1) is 0 Å². The fourth-order valence-corrected chi connectivity index (χ4v) is 1.56. The molecule has 1 aromatic heterocycles. The Bertz CT molecular complexity index is 512. The average Bonchev–Trinajstić information content (AvgIpc) is 2.72. The fraction of sp³-hybridized carbons (Fsp3) is 0.308. The SMILES string of the molecule is CC(C)(CCl)NC(=O)c1cc2ccccc2o1. The number of furan rings is 1. The van der Waals surface area contributed by atoms with Gasteiger partial charge in [-0.05, 0) is 26.0 Å². The molecular weight excluding hydrogens is 238 g/mol. The molecule has 17 heavy (non-hydrogen) atoms. The summed E-state index contributed by atoms with van der Waals surface area (Å²) in [7, 11) is 0. The highest BCUT2D eigenvalue weighted by Gasteiger charge is 2.22. The van der Waals surface area contributed by atoms with Gasteiger partial charge in [0.1, 0.15) is 5.58 Å². The molecular formula is C13H14ClNO2. The molecule has 0 aliphatic heterocycles. The molecule has 0 bridgehead atoms. The summed E-state index contributed by atoms with van der Waals surface area (Å²) in [6, 6.07) is 9.24. The average molecular weight is 252 g/mol. The van der Waals surface area contributed by atoms with Gasteiger partial charge in [0.05, 0.1) is 0 Å². The zero-order chi connectivity index (χ0) is 12.5. The van der Waals surface area contributed by atoms with Crippen LogP contribution in [0.1, 0.15) is 24.4 Å². The van der Waals surface area contributed by atoms with Crippen molar-refractivity contribution >= 4 is 28.5 Å². The zero-order valence-corrected chi connectivity index (χ0v) is 10.5. The lowest BCUT2D eigenvalue weighted by atomic mass is 10.1. The first kappa shape index (κ1) is 12.0. The van der Waals surface area contributed by atoms with Crippen molar-refractivity contribution in [2.75, 3.05) is 5.88 Å². The van der Waals surface area contributed by atoms with Gasteiger partial charge in [0.15, 0.2) is 5.76 Å². The first-order valence-electron chi connectivity index (χ1n) is 5.39. The predicted molar refractivity (Wildman–Crippen MR) is 68.5 cm³/mol. The van der Waals surface area contributed by atoms with Crippen molar-refractivity contribution in [2.24, 2.45) is 0 Å². The Hall–Kier alpha value is -1.48. The first-order valence-corrected chi connectivity index (χ1v) is 5.92. The van der Waals surface area contributed by atoms with Crippen LogP contribution in [0.3, 0.4) is 0 Å². The number of carbonyl (C=O) groups is 1. The summed E-state index contributed by atoms with van der Waals surface area (Å²) < 4.78 is 5.47. The summed E-state index contributed by atoms with van der Waals surface area (Å²) in [6.45, 7) is 3.72. The van der Waals surface area contributed by atoms with Crippen molar-refractivity contribution < 1.29 is 9.21 Å². The third-order valence-corrected chi connectivity index (χ3v) is 3.10. The van der Waals surface area contributed by atoms with E-state index >= 15 is 0 Å². The van der Waals surface area contributed by atoms with Gasteiger partial charge in [-0.25, -0.2) is 0 Å². The topological polar surface area (TPSA) is 42.2 Å². The fourth-order valence-electron chi connectivity index (χ4n) is 1.50. The largest absolute Gasteiger partial charge is 0.451 e. The van der Waals surface area contributed by atoms with Gasteiger partial charge < -0.3 is 9.73 Å². The summed E-state index contributed by atoms with van der Waals surface area (Å²) in [5, 5.41) is 3.74. The number of fused-ring (bicyclic) bond motifs is 1. The second-order valence-corrected chi connectivity index (χ2v) is 4.89. The minimum Gasteiger partial charge on any atom is -0.451 e. The summed E-state index contributed by atoms with van der Waals surface area (Å²) in [6.07, 6.45) is 0. The molecule has 0 radical (unpaired) electrons. The van der Waals surface area contributed by atoms with Crippen LogP contribution in [0.2, 0.25) is 0 Å². The van der Waals surface area contributed by atoms with Crippen LogP contribution in [-0.2, 0) is 0 Å². The minimum absolute atomic E-state index is 0.244. The maximum absolute atomic E-state index is 11.9. The van der Waals surface area contributed by atoms with E-state index in [4.69, 9.17) is 16.0 Å². The minimum atomic E-state index is -0.447. The van der Waals surface area contributed by atoms with Crippen molar-refractivity contribution in [3.8, 4) is 0 Å². The van der Waals surface area contributed by atoms with Crippen LogP contribution in [-0.4, -0.2) is 17.3 Å². The van der Waals surface area contributed by atoms with Gasteiger partial charge in [-0.1, -0.05) is 18.2 Å². The Morgan fingerprint density at radius 1 is 1.41 bits per heavy atom. The molecule has 0 spiro atoms. The highest BCUT2D eigenvalue weighted by atomic mass is 35.5. The molecule has 0 fully saturated rings. The number of hydrogen-bond acceptors (Lipinski definition) is 2. The molecule has 0 aliphatic carbocycles. The van der Waals surface area contributed by atoms with Gasteiger partial charge in [-0.3, -0.25) is 4.79 Å². The van der Waals surface area contributed by atoms with Crippen molar-refractivity contribution in [1.29, 1.82) is 0 Å². The molecule has 3 nitrogen and oxygen atoms in total. The number of alkyl halides is 1. The Morgan fingerprint density at radius 2 is 2.12 bits per heavy atom. The van der Waals surface area contributed by atoms with E-state index in [1.807, 2.05) is 38.1 Å². The van der Waals surface area contributed by atoms with E-state index in [0.29, 0.717) is 17.2 Å². The van der Waals surface area contributed by atoms with Crippen LogP contribution in [0.25, 0.3) is 11.0 Å². The second-order valence-electron chi connectivity index (χ2n) is 4.62. The smallest absolute Gasteiger partial charge is 0.287 e. The van der Waals surface area contributed by atoms with E-state index < -0.39 is 5.54 Å². The molecule has 2 rings (SSSR count). The van der Waals surface area contributed by atoms with E-state index in [-0.39, 0.29) is 5.91 Å². The first-order chi connectivity index (χ1) is 8.02. The Labute approximate surface area is 105 Å². The molecule has 1 heterocycles. The van der Waals surface area contributed by atoms with Crippen molar-refractivity contribution in [2.45, 2.75) is 19.4 Å². The summed E-state index contributed by atoms with van der Waals surface area (Å²) in [4.78, 5) is 11.9. The van der Waals surface area contributed by atoms with Crippen LogP contribution >= 0.6 is 11.6 Å². The third kappa shape index (κ3) is 2.61. The Morgan fingerprint density at radius 3 is 2.76 bits per heavy atom. The van der Waals surface area contributed by atoms with Crippen LogP contribution < -0.4 is 5.32 Å². The van der Waals surface area contributed by atoms with E-state index in [2.05, 4.69) is 5.32 Å². The lowest BCUT2D eigenvalue weighted by Crippen LogP contribution is -2.44. The van der Waals surface area contributed by atoms with Crippen molar-refractivity contribution in [1.82, 2.24) is 5.32 Å². The summed E-state index contributed by atoms with van der Waals surface area (Å²) in [5.74, 6) is 0.412. The highest BCUT2D eigenvalue weighted by molar-refractivity contribution is 6.18. The molecule has 0 unspecified atom stereocenters. The molecule has 2 aromatic rings. The van der Waals surface area contributed by atoms with E-state index in [0.717, 1.165) is 5.39 Å². The number of para-hydroxylation sites is 1. The van der Waals surface area contributed by atoms with Crippen LogP contribution in [0.5, 0.6) is 0 Å². The lowest BCUT2D eigenvalue weighted by Gasteiger charge is -2.22. The quantitative estimate of drug-likeness (QED) is 0.852. The second kappa shape index (κ2) is 4.41. The summed E-state index contributed by atoms with van der Waals surface area (Å²) in [5.41, 5.74) is 0.263. The Balaban J connectivity index is 2.25. The zero-order valence-electron chi connectivity index (χ0n) is 9.79. The molecule has 1 amide bonds. The maximum Gasteiger partial charge on any atom is 0.287 e. The third-order valence-electron chi connectivity index (χ3n) is 2.44. The van der Waals surface area contributed by atoms with E-state index in [1.165, 1.54) is 0 Å². The van der Waals surface area contributed by atoms with Gasteiger partial charge in [0.25, 0.3) is 5.91 Å². The Kier molecular flexibility index (Phi) is 3.11. The molecule has 4 heteroatoms. The molecule has 0 atom stereocenters. The number of benzene rings is 1. The number of amides is 1. The number of halogens is 1. The van der Waals surface area contributed by atoms with E-state index in [9.17, 15) is 4.79 Å². The maximum atomic E-state index is 11.9. The van der Waals surface area contributed by atoms with Crippen LogP contribution in [0.15, 0.2) is 34.7 Å². The molecule has 0 saturated carbocycles. The van der Waals surface area contributed by atoms with E-state index in [1.54, 1.807) is 6.07 Å². The van der Waals surface area contributed by atoms with Crippen molar-refractivity contribution in [3.05, 3.63) is 36.1 Å². The standard InChI is InChI=1S/C13H14ClNO2/c1-13(2,8-14)15-12(16)11-7-9-5-3-4-6-10(9)17-11/h3-7H,8H2,1-2H3,(H,15,16). The monoisotopic (exact) mass is 251 g/mol. The lowest BCUT2D eigenvalue weighted by molar-refractivity contribution is 0.0894. The van der Waals surface area contributed by atoms with Gasteiger partial charge in [0, 0.05) is 16.8 Å². The molecule has 0 aliphatic rings. The number of rotatable bonds is 3. The normalized spacial score (nSPS) is 11.7. The van der Waals surface area contributed by atoms with Gasteiger partial charge >= 0.3 is 0 Å². The number of hydrogen-bond donors (Lipinski definition) is 1.